The van der Waals surface area contributed by atoms with Crippen LogP contribution in [-0.4, -0.2) is 17.5 Å². The Morgan fingerprint density at radius 3 is 2.71 bits per heavy atom. The highest BCUT2D eigenvalue weighted by atomic mass is 79.9. The number of benzene rings is 2. The highest BCUT2D eigenvalue weighted by Crippen LogP contribution is 2.27. The number of thiazole rings is 1. The summed E-state index contributed by atoms with van der Waals surface area (Å²) in [4.78, 5) is 16.7. The number of anilines is 1. The fourth-order valence-corrected chi connectivity index (χ4v) is 4.03. The average Bonchev–Trinajstić information content (AvgIpc) is 3.11. The van der Waals surface area contributed by atoms with Crippen LogP contribution in [0.25, 0.3) is 11.3 Å². The predicted octanol–water partition coefficient (Wildman–Crippen LogP) is 6.30. The lowest BCUT2D eigenvalue weighted by Crippen LogP contribution is -2.12. The van der Waals surface area contributed by atoms with E-state index in [-0.39, 0.29) is 5.91 Å². The lowest BCUT2D eigenvalue weighted by molar-refractivity contribution is -0.116. The van der Waals surface area contributed by atoms with Crippen LogP contribution >= 0.6 is 27.3 Å². The Balaban J connectivity index is 1.47. The van der Waals surface area contributed by atoms with Crippen molar-refractivity contribution in [2.24, 2.45) is 0 Å². The predicted molar refractivity (Wildman–Crippen MR) is 119 cm³/mol. The molecule has 3 rings (SSSR count). The summed E-state index contributed by atoms with van der Waals surface area (Å²) in [6.45, 7) is 6.70. The highest BCUT2D eigenvalue weighted by Gasteiger charge is 2.09. The van der Waals surface area contributed by atoms with Crippen molar-refractivity contribution in [3.63, 3.8) is 0 Å². The van der Waals surface area contributed by atoms with Crippen molar-refractivity contribution in [1.29, 1.82) is 0 Å². The Morgan fingerprint density at radius 2 is 1.96 bits per heavy atom. The van der Waals surface area contributed by atoms with E-state index in [4.69, 9.17) is 4.74 Å². The van der Waals surface area contributed by atoms with Crippen LogP contribution in [0.1, 0.15) is 29.5 Å². The smallest absolute Gasteiger partial charge is 0.226 e. The second-order valence-corrected chi connectivity index (χ2v) is 8.48. The molecule has 146 valence electrons. The first-order valence-corrected chi connectivity index (χ1v) is 10.8. The summed E-state index contributed by atoms with van der Waals surface area (Å²) >= 11 is 4.93. The Kier molecular flexibility index (Phi) is 6.86. The molecule has 2 aromatic carbocycles. The first-order chi connectivity index (χ1) is 13.4. The van der Waals surface area contributed by atoms with Gasteiger partial charge >= 0.3 is 0 Å². The summed E-state index contributed by atoms with van der Waals surface area (Å²) in [6.07, 6.45) is 1.03. The van der Waals surface area contributed by atoms with Gasteiger partial charge in [0.2, 0.25) is 5.91 Å². The Morgan fingerprint density at radius 1 is 1.14 bits per heavy atom. The number of aryl methyl sites for hydroxylation is 3. The number of aromatic nitrogens is 1. The van der Waals surface area contributed by atoms with Crippen molar-refractivity contribution in [2.45, 2.75) is 33.6 Å². The number of nitrogens with one attached hydrogen (secondary N) is 1. The molecule has 0 radical (unpaired) electrons. The number of rotatable bonds is 7. The fourth-order valence-electron chi connectivity index (χ4n) is 2.68. The number of carbonyl (C=O) groups is 1. The van der Waals surface area contributed by atoms with Crippen molar-refractivity contribution in [3.05, 3.63) is 62.9 Å². The Labute approximate surface area is 178 Å². The minimum Gasteiger partial charge on any atom is -0.492 e. The normalized spacial score (nSPS) is 10.7. The van der Waals surface area contributed by atoms with Crippen molar-refractivity contribution in [3.8, 4) is 17.0 Å². The molecule has 3 aromatic rings. The third kappa shape index (κ3) is 5.42. The molecule has 0 saturated carbocycles. The minimum absolute atomic E-state index is 0.0486. The summed E-state index contributed by atoms with van der Waals surface area (Å²) in [6, 6.07) is 12.2. The van der Waals surface area contributed by atoms with Crippen LogP contribution < -0.4 is 10.1 Å². The fraction of sp³-hybridized carbons (Fsp3) is 0.273. The molecule has 0 spiro atoms. The second-order valence-electron chi connectivity index (χ2n) is 6.77. The van der Waals surface area contributed by atoms with Gasteiger partial charge in [0.1, 0.15) is 5.75 Å². The van der Waals surface area contributed by atoms with E-state index < -0.39 is 0 Å². The van der Waals surface area contributed by atoms with E-state index in [2.05, 4.69) is 58.3 Å². The summed E-state index contributed by atoms with van der Waals surface area (Å²) in [7, 11) is 0. The van der Waals surface area contributed by atoms with Crippen molar-refractivity contribution >= 4 is 38.3 Å². The standard InChI is InChI=1S/C22H23BrN2O2S/c1-14-6-9-20(18(23)11-14)27-10-4-5-21(26)25-22-24-19(13-28-22)17-8-7-15(2)16(3)12-17/h6-9,11-13H,4-5,10H2,1-3H3,(H,24,25,26). The van der Waals surface area contributed by atoms with Gasteiger partial charge in [-0.1, -0.05) is 18.2 Å². The van der Waals surface area contributed by atoms with Gasteiger partial charge in [0.05, 0.1) is 16.8 Å². The molecule has 0 atom stereocenters. The van der Waals surface area contributed by atoms with E-state index >= 15 is 0 Å². The first kappa shape index (κ1) is 20.6. The van der Waals surface area contributed by atoms with Gasteiger partial charge in [-0.2, -0.15) is 0 Å². The van der Waals surface area contributed by atoms with Gasteiger partial charge in [0.25, 0.3) is 0 Å². The quantitative estimate of drug-likeness (QED) is 0.422. The highest BCUT2D eigenvalue weighted by molar-refractivity contribution is 9.10. The first-order valence-electron chi connectivity index (χ1n) is 9.14. The zero-order valence-corrected chi connectivity index (χ0v) is 18.6. The van der Waals surface area contributed by atoms with E-state index in [0.29, 0.717) is 24.6 Å². The molecule has 0 aliphatic heterocycles. The van der Waals surface area contributed by atoms with Crippen LogP contribution in [0.15, 0.2) is 46.3 Å². The number of carbonyl (C=O) groups excluding carboxylic acids is 1. The number of ether oxygens (including phenoxy) is 1. The second kappa shape index (κ2) is 9.34. The number of halogens is 1. The zero-order valence-electron chi connectivity index (χ0n) is 16.2. The van der Waals surface area contributed by atoms with Crippen LogP contribution in [0.4, 0.5) is 5.13 Å². The largest absolute Gasteiger partial charge is 0.492 e. The van der Waals surface area contributed by atoms with E-state index in [1.54, 1.807) is 0 Å². The monoisotopic (exact) mass is 458 g/mol. The number of hydrogen-bond acceptors (Lipinski definition) is 4. The molecule has 0 aliphatic rings. The Hall–Kier alpha value is -2.18. The molecule has 1 amide bonds. The molecule has 0 saturated heterocycles. The maximum Gasteiger partial charge on any atom is 0.226 e. The maximum absolute atomic E-state index is 12.2. The average molecular weight is 459 g/mol. The van der Waals surface area contributed by atoms with Gasteiger partial charge in [-0.05, 0) is 78.0 Å². The molecule has 0 bridgehead atoms. The molecule has 28 heavy (non-hydrogen) atoms. The third-order valence-electron chi connectivity index (χ3n) is 4.45. The molecule has 0 aliphatic carbocycles. The molecule has 0 unspecified atom stereocenters. The van der Waals surface area contributed by atoms with Gasteiger partial charge < -0.3 is 10.1 Å². The molecule has 4 nitrogen and oxygen atoms in total. The molecule has 1 heterocycles. The van der Waals surface area contributed by atoms with E-state index in [1.165, 1.54) is 28.0 Å². The number of nitrogens with zero attached hydrogens (tertiary/aromatic N) is 1. The van der Waals surface area contributed by atoms with Crippen LogP contribution in [0.5, 0.6) is 5.75 Å². The lowest BCUT2D eigenvalue weighted by Gasteiger charge is -2.08. The number of amides is 1. The van der Waals surface area contributed by atoms with Gasteiger partial charge in [0.15, 0.2) is 5.13 Å². The van der Waals surface area contributed by atoms with Crippen LogP contribution in [0.2, 0.25) is 0 Å². The van der Waals surface area contributed by atoms with Crippen LogP contribution in [0, 0.1) is 20.8 Å². The summed E-state index contributed by atoms with van der Waals surface area (Å²) in [5, 5.41) is 5.47. The SMILES string of the molecule is Cc1ccc(OCCCC(=O)Nc2nc(-c3ccc(C)c(C)c3)cs2)c(Br)c1. The van der Waals surface area contributed by atoms with E-state index in [9.17, 15) is 4.79 Å². The molecule has 6 heteroatoms. The zero-order chi connectivity index (χ0) is 20.1. The molecular formula is C22H23BrN2O2S. The van der Waals surface area contributed by atoms with Gasteiger partial charge in [-0.15, -0.1) is 11.3 Å². The van der Waals surface area contributed by atoms with Gasteiger partial charge in [0, 0.05) is 17.4 Å². The van der Waals surface area contributed by atoms with Crippen molar-refractivity contribution in [1.82, 2.24) is 4.98 Å². The van der Waals surface area contributed by atoms with E-state index in [1.807, 2.05) is 30.5 Å². The molecule has 1 aromatic heterocycles. The van der Waals surface area contributed by atoms with Gasteiger partial charge in [-0.3, -0.25) is 4.79 Å². The minimum atomic E-state index is -0.0486. The molecule has 1 N–H and O–H groups in total. The molecular weight excluding hydrogens is 436 g/mol. The maximum atomic E-state index is 12.2. The topological polar surface area (TPSA) is 51.2 Å². The number of hydrogen-bond donors (Lipinski definition) is 1. The van der Waals surface area contributed by atoms with Crippen molar-refractivity contribution < 1.29 is 9.53 Å². The summed E-state index contributed by atoms with van der Waals surface area (Å²) in [5.41, 5.74) is 5.61. The van der Waals surface area contributed by atoms with Gasteiger partial charge in [-0.25, -0.2) is 4.98 Å². The Bertz CT molecular complexity index is 984. The van der Waals surface area contributed by atoms with Crippen LogP contribution in [-0.2, 0) is 4.79 Å². The third-order valence-corrected chi connectivity index (χ3v) is 5.82. The van der Waals surface area contributed by atoms with Crippen LogP contribution in [0.3, 0.4) is 0 Å². The molecule has 0 fully saturated rings. The summed E-state index contributed by atoms with van der Waals surface area (Å²) in [5.74, 6) is 0.747. The lowest BCUT2D eigenvalue weighted by atomic mass is 10.1. The van der Waals surface area contributed by atoms with E-state index in [0.717, 1.165) is 21.5 Å². The van der Waals surface area contributed by atoms with Crippen molar-refractivity contribution in [2.75, 3.05) is 11.9 Å². The summed E-state index contributed by atoms with van der Waals surface area (Å²) < 4.78 is 6.66.